The lowest BCUT2D eigenvalue weighted by Gasteiger charge is -2.48. The van der Waals surface area contributed by atoms with Crippen LogP contribution in [0.5, 0.6) is 5.75 Å². The first-order chi connectivity index (χ1) is 16.1. The Morgan fingerprint density at radius 1 is 1.24 bits per heavy atom. The summed E-state index contributed by atoms with van der Waals surface area (Å²) in [6.45, 7) is 5.67. The van der Waals surface area contributed by atoms with Crippen LogP contribution in [0.25, 0.3) is 0 Å². The molecule has 34 heavy (non-hydrogen) atoms. The van der Waals surface area contributed by atoms with Gasteiger partial charge in [0.25, 0.3) is 0 Å². The van der Waals surface area contributed by atoms with Gasteiger partial charge in [-0.3, -0.25) is 10.4 Å². The molecule has 0 amide bonds. The molecule has 0 aliphatic carbocycles. The Kier molecular flexibility index (Phi) is 6.66. The lowest BCUT2D eigenvalue weighted by molar-refractivity contribution is 0.227. The van der Waals surface area contributed by atoms with E-state index in [9.17, 15) is 4.39 Å². The second-order valence-corrected chi connectivity index (χ2v) is 9.62. The van der Waals surface area contributed by atoms with Gasteiger partial charge in [0, 0.05) is 66.0 Å². The number of nitrogens with zero attached hydrogens (tertiary/aromatic N) is 3. The minimum absolute atomic E-state index is 0.0314. The highest BCUT2D eigenvalue weighted by atomic mass is 35.5. The molecule has 7 nitrogen and oxygen atoms in total. The standard InChI is InChI=1S/C24H25Cl2FN6O/c1-13(21-17(25)8-31-9-18(21)26)34-15-3-4-20(29)16(6-15)22(30)14-5-19(27)23(32-7-14)33-11-24(2,10-28)12-33/h3-9,13,30H,10-12,28-29H2,1-2H3/t13-/m1/s1. The number of halogens is 3. The van der Waals surface area contributed by atoms with Crippen LogP contribution in [-0.4, -0.2) is 35.3 Å². The van der Waals surface area contributed by atoms with Crippen molar-refractivity contribution < 1.29 is 9.13 Å². The van der Waals surface area contributed by atoms with Crippen LogP contribution < -0.4 is 21.1 Å². The molecular formula is C24H25Cl2FN6O. The molecule has 0 spiro atoms. The SMILES string of the molecule is C[C@@H](Oc1ccc(N)c(C(=N)c2cnc(N3CC(C)(CN)C3)c(F)c2)c1)c1c(Cl)cncc1Cl. The molecule has 0 unspecified atom stereocenters. The Labute approximate surface area is 207 Å². The van der Waals surface area contributed by atoms with Gasteiger partial charge >= 0.3 is 0 Å². The smallest absolute Gasteiger partial charge is 0.166 e. The summed E-state index contributed by atoms with van der Waals surface area (Å²) in [7, 11) is 0. The average Bonchev–Trinajstić information content (AvgIpc) is 2.77. The molecule has 1 aromatic carbocycles. The molecule has 1 fully saturated rings. The van der Waals surface area contributed by atoms with Gasteiger partial charge in [-0.25, -0.2) is 9.37 Å². The highest BCUT2D eigenvalue weighted by Crippen LogP contribution is 2.35. The van der Waals surface area contributed by atoms with Crippen LogP contribution in [0, 0.1) is 16.6 Å². The molecule has 1 atom stereocenters. The molecule has 0 saturated carbocycles. The molecule has 10 heteroatoms. The van der Waals surface area contributed by atoms with Crippen molar-refractivity contribution >= 4 is 40.4 Å². The molecule has 0 radical (unpaired) electrons. The van der Waals surface area contributed by atoms with Crippen molar-refractivity contribution in [2.24, 2.45) is 11.1 Å². The minimum atomic E-state index is -0.497. The van der Waals surface area contributed by atoms with Gasteiger partial charge in [-0.15, -0.1) is 0 Å². The minimum Gasteiger partial charge on any atom is -0.486 e. The zero-order valence-electron chi connectivity index (χ0n) is 18.8. The second kappa shape index (κ2) is 9.37. The zero-order chi connectivity index (χ0) is 24.6. The van der Waals surface area contributed by atoms with Crippen molar-refractivity contribution in [3.05, 3.63) is 75.4 Å². The zero-order valence-corrected chi connectivity index (χ0v) is 20.3. The summed E-state index contributed by atoms with van der Waals surface area (Å²) in [6, 6.07) is 6.25. The van der Waals surface area contributed by atoms with Gasteiger partial charge in [-0.1, -0.05) is 30.1 Å². The third-order valence-corrected chi connectivity index (χ3v) is 6.55. The van der Waals surface area contributed by atoms with Crippen molar-refractivity contribution in [2.75, 3.05) is 30.3 Å². The maximum atomic E-state index is 14.9. The summed E-state index contributed by atoms with van der Waals surface area (Å²) in [5, 5.41) is 9.40. The number of nitrogen functional groups attached to an aromatic ring is 1. The fraction of sp³-hybridized carbons (Fsp3) is 0.292. The Bertz CT molecular complexity index is 1230. The first-order valence-corrected chi connectivity index (χ1v) is 11.4. The number of ether oxygens (including phenoxy) is 1. The number of nitrogens with one attached hydrogen (secondary N) is 1. The molecule has 1 aliphatic heterocycles. The van der Waals surface area contributed by atoms with Gasteiger partial charge < -0.3 is 21.1 Å². The second-order valence-electron chi connectivity index (χ2n) is 8.80. The van der Waals surface area contributed by atoms with E-state index in [-0.39, 0.29) is 16.9 Å². The van der Waals surface area contributed by atoms with Crippen LogP contribution in [0.3, 0.4) is 0 Å². The summed E-state index contributed by atoms with van der Waals surface area (Å²) in [4.78, 5) is 10.1. The van der Waals surface area contributed by atoms with Crippen LogP contribution in [0.15, 0.2) is 42.9 Å². The largest absolute Gasteiger partial charge is 0.486 e. The van der Waals surface area contributed by atoms with Gasteiger partial charge in [0.05, 0.1) is 15.8 Å². The fourth-order valence-electron chi connectivity index (χ4n) is 4.01. The van der Waals surface area contributed by atoms with Crippen molar-refractivity contribution in [3.8, 4) is 5.75 Å². The van der Waals surface area contributed by atoms with Gasteiger partial charge in [0.1, 0.15) is 11.9 Å². The normalized spacial score (nSPS) is 15.5. The highest BCUT2D eigenvalue weighted by molar-refractivity contribution is 6.35. The van der Waals surface area contributed by atoms with Crippen LogP contribution in [-0.2, 0) is 0 Å². The summed E-state index contributed by atoms with van der Waals surface area (Å²) < 4.78 is 20.9. The molecule has 1 saturated heterocycles. The number of rotatable bonds is 7. The number of benzene rings is 1. The summed E-state index contributed by atoms with van der Waals surface area (Å²) in [5.41, 5.74) is 13.6. The van der Waals surface area contributed by atoms with Gasteiger partial charge in [0.15, 0.2) is 11.6 Å². The van der Waals surface area contributed by atoms with Gasteiger partial charge in [0.2, 0.25) is 0 Å². The number of hydrogen-bond acceptors (Lipinski definition) is 7. The predicted molar refractivity (Wildman–Crippen MR) is 134 cm³/mol. The molecule has 2 aromatic heterocycles. The predicted octanol–water partition coefficient (Wildman–Crippen LogP) is 4.85. The molecule has 5 N–H and O–H groups in total. The van der Waals surface area contributed by atoms with E-state index < -0.39 is 11.9 Å². The molecule has 1 aliphatic rings. The topological polar surface area (TPSA) is 114 Å². The monoisotopic (exact) mass is 502 g/mol. The Morgan fingerprint density at radius 3 is 2.53 bits per heavy atom. The van der Waals surface area contributed by atoms with Crippen LogP contribution >= 0.6 is 23.2 Å². The molecular weight excluding hydrogens is 478 g/mol. The molecule has 3 aromatic rings. The van der Waals surface area contributed by atoms with E-state index in [0.29, 0.717) is 57.8 Å². The maximum Gasteiger partial charge on any atom is 0.166 e. The van der Waals surface area contributed by atoms with E-state index in [1.807, 2.05) is 4.90 Å². The van der Waals surface area contributed by atoms with E-state index in [1.54, 1.807) is 25.1 Å². The lowest BCUT2D eigenvalue weighted by atomic mass is 9.82. The summed E-state index contributed by atoms with van der Waals surface area (Å²) >= 11 is 12.5. The number of anilines is 2. The van der Waals surface area contributed by atoms with Crippen molar-refractivity contribution in [2.45, 2.75) is 20.0 Å². The lowest BCUT2D eigenvalue weighted by Crippen LogP contribution is -2.58. The van der Waals surface area contributed by atoms with Crippen molar-refractivity contribution in [3.63, 3.8) is 0 Å². The van der Waals surface area contributed by atoms with E-state index in [4.69, 9.17) is 44.8 Å². The molecule has 4 rings (SSSR count). The first kappa shape index (κ1) is 24.2. The number of pyridine rings is 2. The number of aromatic nitrogens is 2. The highest BCUT2D eigenvalue weighted by Gasteiger charge is 2.39. The molecule has 0 bridgehead atoms. The number of nitrogens with two attached hydrogens (primary N) is 2. The first-order valence-electron chi connectivity index (χ1n) is 10.7. The summed E-state index contributed by atoms with van der Waals surface area (Å²) in [5.74, 6) is 0.215. The Morgan fingerprint density at radius 2 is 1.91 bits per heavy atom. The van der Waals surface area contributed by atoms with Crippen molar-refractivity contribution in [1.82, 2.24) is 9.97 Å². The van der Waals surface area contributed by atoms with Gasteiger partial charge in [-0.05, 0) is 31.2 Å². The fourth-order valence-corrected chi connectivity index (χ4v) is 4.68. The van der Waals surface area contributed by atoms with E-state index >= 15 is 0 Å². The van der Waals surface area contributed by atoms with Crippen LogP contribution in [0.4, 0.5) is 15.9 Å². The quantitative estimate of drug-likeness (QED) is 0.314. The third-order valence-electron chi connectivity index (χ3n) is 5.95. The molecule has 178 valence electrons. The van der Waals surface area contributed by atoms with E-state index in [1.165, 1.54) is 24.7 Å². The van der Waals surface area contributed by atoms with E-state index in [2.05, 4.69) is 16.9 Å². The number of hydrogen-bond donors (Lipinski definition) is 3. The van der Waals surface area contributed by atoms with Crippen molar-refractivity contribution in [1.29, 1.82) is 5.41 Å². The van der Waals surface area contributed by atoms with Crippen LogP contribution in [0.1, 0.15) is 36.6 Å². The van der Waals surface area contributed by atoms with E-state index in [0.717, 1.165) is 0 Å². The third kappa shape index (κ3) is 4.66. The molecule has 3 heterocycles. The van der Waals surface area contributed by atoms with Gasteiger partial charge in [-0.2, -0.15) is 0 Å². The summed E-state index contributed by atoms with van der Waals surface area (Å²) in [6.07, 6.45) is 3.98. The average molecular weight is 503 g/mol. The Balaban J connectivity index is 1.55. The van der Waals surface area contributed by atoms with Crippen LogP contribution in [0.2, 0.25) is 10.0 Å². The maximum absolute atomic E-state index is 14.9. The Hall–Kier alpha value is -2.94.